The molecule has 2 aromatic rings. The first-order valence-corrected chi connectivity index (χ1v) is 9.20. The number of nitrogens with zero attached hydrogens (tertiary/aromatic N) is 2. The molecule has 1 aromatic carbocycles. The molecule has 1 unspecified atom stereocenters. The topological polar surface area (TPSA) is 71.7 Å². The third-order valence-electron chi connectivity index (χ3n) is 4.08. The molecule has 0 aliphatic rings. The van der Waals surface area contributed by atoms with Crippen LogP contribution in [0.2, 0.25) is 0 Å². The molecule has 0 spiro atoms. The van der Waals surface area contributed by atoms with E-state index < -0.39 is 0 Å². The van der Waals surface area contributed by atoms with E-state index in [1.165, 1.54) is 0 Å². The van der Waals surface area contributed by atoms with E-state index in [1.807, 2.05) is 37.3 Å². The van der Waals surface area contributed by atoms with Gasteiger partial charge in [0.05, 0.1) is 18.3 Å². The van der Waals surface area contributed by atoms with Gasteiger partial charge in [0.15, 0.2) is 5.96 Å². The molecule has 2 N–H and O–H groups in total. The van der Waals surface area contributed by atoms with Crippen LogP contribution in [0.15, 0.2) is 46.0 Å². The number of aliphatic imine (C=N–C) groups is 1. The molecule has 142 valence electrons. The summed E-state index contributed by atoms with van der Waals surface area (Å²) in [4.78, 5) is 8.76. The van der Waals surface area contributed by atoms with Crippen LogP contribution < -0.4 is 10.6 Å². The van der Waals surface area contributed by atoms with E-state index in [-0.39, 0.29) is 6.10 Å². The fraction of sp³-hybridized carbons (Fsp3) is 0.500. The minimum absolute atomic E-state index is 0.259. The van der Waals surface area contributed by atoms with Crippen molar-refractivity contribution in [2.75, 3.05) is 20.2 Å². The zero-order valence-electron chi connectivity index (χ0n) is 16.2. The van der Waals surface area contributed by atoms with Crippen LogP contribution in [-0.2, 0) is 11.3 Å². The van der Waals surface area contributed by atoms with E-state index in [2.05, 4.69) is 34.5 Å². The molecule has 6 heteroatoms. The van der Waals surface area contributed by atoms with Crippen molar-refractivity contribution >= 4 is 5.96 Å². The molecule has 1 atom stereocenters. The number of hydrogen-bond donors (Lipinski definition) is 2. The lowest BCUT2D eigenvalue weighted by atomic mass is 10.0. The van der Waals surface area contributed by atoms with E-state index >= 15 is 0 Å². The maximum atomic E-state index is 5.77. The van der Waals surface area contributed by atoms with Crippen LogP contribution in [0.1, 0.15) is 32.9 Å². The van der Waals surface area contributed by atoms with Crippen molar-refractivity contribution in [1.82, 2.24) is 15.6 Å². The summed E-state index contributed by atoms with van der Waals surface area (Å²) in [6.45, 7) is 8.49. The number of rotatable bonds is 9. The van der Waals surface area contributed by atoms with Crippen LogP contribution in [0.5, 0.6) is 0 Å². The molecule has 0 aliphatic carbocycles. The first-order chi connectivity index (χ1) is 12.6. The van der Waals surface area contributed by atoms with Gasteiger partial charge in [-0.05, 0) is 31.4 Å². The van der Waals surface area contributed by atoms with Gasteiger partial charge >= 0.3 is 0 Å². The Morgan fingerprint density at radius 3 is 2.65 bits per heavy atom. The highest BCUT2D eigenvalue weighted by Gasteiger charge is 2.13. The molecule has 0 saturated carbocycles. The van der Waals surface area contributed by atoms with Crippen LogP contribution >= 0.6 is 0 Å². The summed E-state index contributed by atoms with van der Waals surface area (Å²) in [5.74, 6) is 1.87. The Kier molecular flexibility index (Phi) is 8.15. The summed E-state index contributed by atoms with van der Waals surface area (Å²) in [7, 11) is 1.76. The number of oxazole rings is 1. The molecule has 1 aromatic heterocycles. The SMILES string of the molecule is CCOC(CCNC(=NC)NCc1coc(-c2ccccc2)n1)C(C)C. The fourth-order valence-corrected chi connectivity index (χ4v) is 2.65. The van der Waals surface area contributed by atoms with Gasteiger partial charge in [0.2, 0.25) is 5.89 Å². The first kappa shape index (κ1) is 20.0. The van der Waals surface area contributed by atoms with E-state index in [0.29, 0.717) is 18.4 Å². The van der Waals surface area contributed by atoms with Crippen LogP contribution in [0.3, 0.4) is 0 Å². The number of ether oxygens (including phenoxy) is 1. The Hall–Kier alpha value is -2.34. The lowest BCUT2D eigenvalue weighted by Crippen LogP contribution is -2.39. The Morgan fingerprint density at radius 1 is 1.23 bits per heavy atom. The summed E-state index contributed by atoms with van der Waals surface area (Å²) in [5.41, 5.74) is 1.80. The van der Waals surface area contributed by atoms with Crippen molar-refractivity contribution < 1.29 is 9.15 Å². The largest absolute Gasteiger partial charge is 0.444 e. The molecule has 0 saturated heterocycles. The summed E-state index contributed by atoms with van der Waals surface area (Å²) in [5, 5.41) is 6.58. The van der Waals surface area contributed by atoms with Crippen LogP contribution in [0.25, 0.3) is 11.5 Å². The lowest BCUT2D eigenvalue weighted by Gasteiger charge is -2.21. The molecule has 6 nitrogen and oxygen atoms in total. The highest BCUT2D eigenvalue weighted by atomic mass is 16.5. The highest BCUT2D eigenvalue weighted by molar-refractivity contribution is 5.79. The van der Waals surface area contributed by atoms with Gasteiger partial charge in [-0.25, -0.2) is 4.98 Å². The Morgan fingerprint density at radius 2 is 2.00 bits per heavy atom. The quantitative estimate of drug-likeness (QED) is 0.531. The molecule has 2 rings (SSSR count). The van der Waals surface area contributed by atoms with E-state index in [9.17, 15) is 0 Å². The molecular weight excluding hydrogens is 328 g/mol. The zero-order chi connectivity index (χ0) is 18.8. The second-order valence-electron chi connectivity index (χ2n) is 6.39. The zero-order valence-corrected chi connectivity index (χ0v) is 16.2. The fourth-order valence-electron chi connectivity index (χ4n) is 2.65. The third-order valence-corrected chi connectivity index (χ3v) is 4.08. The Balaban J connectivity index is 1.79. The monoisotopic (exact) mass is 358 g/mol. The molecule has 1 heterocycles. The maximum Gasteiger partial charge on any atom is 0.226 e. The summed E-state index contributed by atoms with van der Waals surface area (Å²) < 4.78 is 11.3. The Labute approximate surface area is 156 Å². The second kappa shape index (κ2) is 10.6. The highest BCUT2D eigenvalue weighted by Crippen LogP contribution is 2.17. The van der Waals surface area contributed by atoms with Gasteiger partial charge in [-0.2, -0.15) is 0 Å². The van der Waals surface area contributed by atoms with E-state index in [0.717, 1.165) is 36.8 Å². The van der Waals surface area contributed by atoms with Gasteiger partial charge in [0.25, 0.3) is 0 Å². The average Bonchev–Trinajstić information content (AvgIpc) is 3.13. The molecule has 0 bridgehead atoms. The van der Waals surface area contributed by atoms with Crippen LogP contribution in [0, 0.1) is 5.92 Å². The van der Waals surface area contributed by atoms with Crippen molar-refractivity contribution in [3.05, 3.63) is 42.3 Å². The predicted octanol–water partition coefficient (Wildman–Crippen LogP) is 3.46. The molecule has 0 fully saturated rings. The third kappa shape index (κ3) is 6.19. The van der Waals surface area contributed by atoms with Gasteiger partial charge in [-0.3, -0.25) is 4.99 Å². The van der Waals surface area contributed by atoms with E-state index in [4.69, 9.17) is 9.15 Å². The molecular formula is C20H30N4O2. The molecule has 0 amide bonds. The smallest absolute Gasteiger partial charge is 0.226 e. The van der Waals surface area contributed by atoms with Gasteiger partial charge in [0, 0.05) is 25.8 Å². The molecule has 26 heavy (non-hydrogen) atoms. The number of benzene rings is 1. The van der Waals surface area contributed by atoms with Crippen LogP contribution in [0.4, 0.5) is 0 Å². The maximum absolute atomic E-state index is 5.77. The minimum atomic E-state index is 0.259. The minimum Gasteiger partial charge on any atom is -0.444 e. The number of hydrogen-bond acceptors (Lipinski definition) is 4. The van der Waals surface area contributed by atoms with Crippen molar-refractivity contribution in [2.24, 2.45) is 10.9 Å². The molecule has 0 aliphatic heterocycles. The standard InChI is InChI=1S/C20H30N4O2/c1-5-25-18(15(2)3)11-12-22-20(21-4)23-13-17-14-26-19(24-17)16-9-7-6-8-10-16/h6-10,14-15,18H,5,11-13H2,1-4H3,(H2,21,22,23). The number of aromatic nitrogens is 1. The van der Waals surface area contributed by atoms with E-state index in [1.54, 1.807) is 13.3 Å². The number of nitrogens with one attached hydrogen (secondary N) is 2. The van der Waals surface area contributed by atoms with Gasteiger partial charge in [-0.15, -0.1) is 0 Å². The Bertz CT molecular complexity index is 667. The van der Waals surface area contributed by atoms with Crippen molar-refractivity contribution in [1.29, 1.82) is 0 Å². The van der Waals surface area contributed by atoms with Crippen LogP contribution in [-0.4, -0.2) is 37.2 Å². The molecule has 0 radical (unpaired) electrons. The van der Waals surface area contributed by atoms with Crippen molar-refractivity contribution in [3.63, 3.8) is 0 Å². The van der Waals surface area contributed by atoms with Crippen molar-refractivity contribution in [2.45, 2.75) is 39.8 Å². The van der Waals surface area contributed by atoms with Gasteiger partial charge in [0.1, 0.15) is 6.26 Å². The lowest BCUT2D eigenvalue weighted by molar-refractivity contribution is 0.0258. The average molecular weight is 358 g/mol. The van der Waals surface area contributed by atoms with Crippen molar-refractivity contribution in [3.8, 4) is 11.5 Å². The first-order valence-electron chi connectivity index (χ1n) is 9.20. The van der Waals surface area contributed by atoms with Gasteiger partial charge in [-0.1, -0.05) is 32.0 Å². The van der Waals surface area contributed by atoms with Gasteiger partial charge < -0.3 is 19.8 Å². The summed E-state index contributed by atoms with van der Waals surface area (Å²) >= 11 is 0. The summed E-state index contributed by atoms with van der Waals surface area (Å²) in [6, 6.07) is 9.87. The predicted molar refractivity (Wildman–Crippen MR) is 105 cm³/mol. The summed E-state index contributed by atoms with van der Waals surface area (Å²) in [6.07, 6.45) is 2.87. The number of guanidine groups is 1. The second-order valence-corrected chi connectivity index (χ2v) is 6.39. The normalized spacial score (nSPS) is 13.0.